The first kappa shape index (κ1) is 21.2. The molecule has 2 aromatic heterocycles. The average molecular weight is 432 g/mol. The Morgan fingerprint density at radius 3 is 2.69 bits per heavy atom. The van der Waals surface area contributed by atoms with Gasteiger partial charge < -0.3 is 16.0 Å². The normalized spacial score (nSPS) is 22.8. The monoisotopic (exact) mass is 431 g/mol. The third kappa shape index (κ3) is 4.57. The number of nitrogens with one attached hydrogen (secondary N) is 3. The fourth-order valence-corrected chi connectivity index (χ4v) is 5.31. The van der Waals surface area contributed by atoms with Gasteiger partial charge in [-0.15, -0.1) is 0 Å². The summed E-state index contributed by atoms with van der Waals surface area (Å²) in [6, 6.07) is 15.5. The van der Waals surface area contributed by atoms with Crippen molar-refractivity contribution in [1.29, 1.82) is 0 Å². The topological polar surface area (TPSA) is 70.5 Å². The second kappa shape index (κ2) is 9.43. The standard InChI is InChI=1S/C26H33N5O/c1-18(24-17-28-31-15-3-2-4-25(24)31)29-23-10-9-21(16-23)19-5-7-20(8-6-19)26(32)30-22-11-13-27-14-12-22/h2-8,15,17-18,21-23,27,29H,9-14,16H2,1H3,(H,30,32)/t18-,21+,23?/m1/s1. The van der Waals surface area contributed by atoms with Crippen LogP contribution in [0.25, 0.3) is 5.52 Å². The summed E-state index contributed by atoms with van der Waals surface area (Å²) in [5.41, 5.74) is 4.52. The quantitative estimate of drug-likeness (QED) is 0.555. The third-order valence-corrected chi connectivity index (χ3v) is 7.16. The van der Waals surface area contributed by atoms with Crippen molar-refractivity contribution in [3.05, 3.63) is 71.5 Å². The molecule has 3 aromatic rings. The molecule has 3 atom stereocenters. The molecular formula is C26H33N5O. The van der Waals surface area contributed by atoms with E-state index in [1.165, 1.54) is 29.5 Å². The number of benzene rings is 1. The number of hydrogen-bond acceptors (Lipinski definition) is 4. The number of pyridine rings is 1. The summed E-state index contributed by atoms with van der Waals surface area (Å²) in [7, 11) is 0. The number of carbonyl (C=O) groups is 1. The van der Waals surface area contributed by atoms with Gasteiger partial charge in [0.05, 0.1) is 11.7 Å². The Balaban J connectivity index is 1.17. The maximum absolute atomic E-state index is 12.6. The van der Waals surface area contributed by atoms with E-state index in [9.17, 15) is 4.79 Å². The molecule has 3 N–H and O–H groups in total. The van der Waals surface area contributed by atoms with Crippen LogP contribution >= 0.6 is 0 Å². The summed E-state index contributed by atoms with van der Waals surface area (Å²) in [5, 5.41) is 14.8. The van der Waals surface area contributed by atoms with Crippen molar-refractivity contribution in [3.8, 4) is 0 Å². The van der Waals surface area contributed by atoms with Crippen LogP contribution in [0.15, 0.2) is 54.9 Å². The molecule has 6 heteroatoms. The van der Waals surface area contributed by atoms with Crippen LogP contribution in [-0.4, -0.2) is 40.7 Å². The Morgan fingerprint density at radius 1 is 1.06 bits per heavy atom. The number of piperidine rings is 1. The van der Waals surface area contributed by atoms with E-state index in [4.69, 9.17) is 0 Å². The predicted octanol–water partition coefficient (Wildman–Crippen LogP) is 3.80. The van der Waals surface area contributed by atoms with Crippen molar-refractivity contribution in [2.45, 2.75) is 63.1 Å². The van der Waals surface area contributed by atoms with E-state index in [1.54, 1.807) is 0 Å². The second-order valence-corrected chi connectivity index (χ2v) is 9.35. The molecule has 32 heavy (non-hydrogen) atoms. The summed E-state index contributed by atoms with van der Waals surface area (Å²) in [6.07, 6.45) is 9.47. The van der Waals surface area contributed by atoms with Gasteiger partial charge in [-0.05, 0) is 87.9 Å². The number of aromatic nitrogens is 2. The van der Waals surface area contributed by atoms with E-state index < -0.39 is 0 Å². The van der Waals surface area contributed by atoms with Gasteiger partial charge in [0.1, 0.15) is 0 Å². The number of nitrogens with zero attached hydrogens (tertiary/aromatic N) is 2. The van der Waals surface area contributed by atoms with Gasteiger partial charge in [0, 0.05) is 35.4 Å². The molecule has 0 bridgehead atoms. The lowest BCUT2D eigenvalue weighted by molar-refractivity contribution is 0.0929. The summed E-state index contributed by atoms with van der Waals surface area (Å²) in [4.78, 5) is 12.6. The molecule has 1 saturated carbocycles. The van der Waals surface area contributed by atoms with E-state index in [-0.39, 0.29) is 11.9 Å². The minimum Gasteiger partial charge on any atom is -0.349 e. The molecule has 1 aliphatic heterocycles. The first-order valence-corrected chi connectivity index (χ1v) is 12.0. The summed E-state index contributed by atoms with van der Waals surface area (Å²) < 4.78 is 1.94. The highest BCUT2D eigenvalue weighted by Gasteiger charge is 2.28. The molecule has 1 unspecified atom stereocenters. The number of carbonyl (C=O) groups excluding carboxylic acids is 1. The maximum atomic E-state index is 12.6. The van der Waals surface area contributed by atoms with Crippen LogP contribution in [0.3, 0.4) is 0 Å². The van der Waals surface area contributed by atoms with Crippen molar-refractivity contribution in [1.82, 2.24) is 25.6 Å². The number of amides is 1. The molecule has 1 amide bonds. The van der Waals surface area contributed by atoms with E-state index in [1.807, 2.05) is 35.1 Å². The number of fused-ring (bicyclic) bond motifs is 1. The Morgan fingerprint density at radius 2 is 1.88 bits per heavy atom. The van der Waals surface area contributed by atoms with E-state index >= 15 is 0 Å². The average Bonchev–Trinajstić information content (AvgIpc) is 3.47. The molecular weight excluding hydrogens is 398 g/mol. The molecule has 168 valence electrons. The summed E-state index contributed by atoms with van der Waals surface area (Å²) in [6.45, 7) is 4.20. The van der Waals surface area contributed by atoms with Gasteiger partial charge in [-0.3, -0.25) is 4.79 Å². The van der Waals surface area contributed by atoms with Crippen molar-refractivity contribution in [3.63, 3.8) is 0 Å². The zero-order valence-corrected chi connectivity index (χ0v) is 18.8. The van der Waals surface area contributed by atoms with Gasteiger partial charge in [0.25, 0.3) is 5.91 Å². The third-order valence-electron chi connectivity index (χ3n) is 7.16. The van der Waals surface area contributed by atoms with Gasteiger partial charge in [-0.25, -0.2) is 4.52 Å². The SMILES string of the molecule is C[C@@H](NC1CC[C@H](c2ccc(C(=O)NC3CCNCC3)cc2)C1)c1cnn2ccccc12. The maximum Gasteiger partial charge on any atom is 0.251 e. The number of hydrogen-bond donors (Lipinski definition) is 3. The van der Waals surface area contributed by atoms with E-state index in [0.717, 1.165) is 37.9 Å². The largest absolute Gasteiger partial charge is 0.349 e. The van der Waals surface area contributed by atoms with Crippen LogP contribution in [0, 0.1) is 0 Å². The lowest BCUT2D eigenvalue weighted by atomic mass is 9.96. The predicted molar refractivity (Wildman–Crippen MR) is 127 cm³/mol. The van der Waals surface area contributed by atoms with Crippen LogP contribution in [0.2, 0.25) is 0 Å². The highest BCUT2D eigenvalue weighted by atomic mass is 16.1. The first-order valence-electron chi connectivity index (χ1n) is 12.0. The lowest BCUT2D eigenvalue weighted by Gasteiger charge is -2.23. The molecule has 0 radical (unpaired) electrons. The van der Waals surface area contributed by atoms with Crippen LogP contribution in [-0.2, 0) is 0 Å². The van der Waals surface area contributed by atoms with Crippen LogP contribution in [0.1, 0.15) is 72.5 Å². The van der Waals surface area contributed by atoms with Crippen LogP contribution in [0.4, 0.5) is 0 Å². The van der Waals surface area contributed by atoms with E-state index in [2.05, 4.69) is 52.2 Å². The Labute approximate surface area is 189 Å². The first-order chi connectivity index (χ1) is 15.7. The molecule has 6 nitrogen and oxygen atoms in total. The zero-order valence-electron chi connectivity index (χ0n) is 18.8. The van der Waals surface area contributed by atoms with Gasteiger partial charge >= 0.3 is 0 Å². The molecule has 5 rings (SSSR count). The van der Waals surface area contributed by atoms with E-state index in [0.29, 0.717) is 18.0 Å². The number of rotatable bonds is 6. The molecule has 2 aliphatic rings. The Hall–Kier alpha value is -2.70. The summed E-state index contributed by atoms with van der Waals surface area (Å²) >= 11 is 0. The fraction of sp³-hybridized carbons (Fsp3) is 0.462. The molecule has 3 heterocycles. The van der Waals surface area contributed by atoms with Gasteiger partial charge in [-0.2, -0.15) is 5.10 Å². The zero-order chi connectivity index (χ0) is 21.9. The van der Waals surface area contributed by atoms with Gasteiger partial charge in [0.2, 0.25) is 0 Å². The van der Waals surface area contributed by atoms with Gasteiger partial charge in [-0.1, -0.05) is 18.2 Å². The molecule has 1 saturated heterocycles. The smallest absolute Gasteiger partial charge is 0.251 e. The molecule has 0 spiro atoms. The minimum absolute atomic E-state index is 0.0524. The van der Waals surface area contributed by atoms with Gasteiger partial charge in [0.15, 0.2) is 0 Å². The van der Waals surface area contributed by atoms with Crippen molar-refractivity contribution < 1.29 is 4.79 Å². The molecule has 2 fully saturated rings. The highest BCUT2D eigenvalue weighted by molar-refractivity contribution is 5.94. The Bertz CT molecular complexity index is 1050. The van der Waals surface area contributed by atoms with Crippen molar-refractivity contribution in [2.75, 3.05) is 13.1 Å². The second-order valence-electron chi connectivity index (χ2n) is 9.35. The fourth-order valence-electron chi connectivity index (χ4n) is 5.31. The molecule has 1 aromatic carbocycles. The molecule has 1 aliphatic carbocycles. The van der Waals surface area contributed by atoms with Crippen LogP contribution in [0.5, 0.6) is 0 Å². The lowest BCUT2D eigenvalue weighted by Crippen LogP contribution is -2.42. The Kier molecular flexibility index (Phi) is 6.23. The van der Waals surface area contributed by atoms with Crippen molar-refractivity contribution in [2.24, 2.45) is 0 Å². The van der Waals surface area contributed by atoms with Crippen molar-refractivity contribution >= 4 is 11.4 Å². The van der Waals surface area contributed by atoms with Crippen LogP contribution < -0.4 is 16.0 Å². The minimum atomic E-state index is 0.0524. The summed E-state index contributed by atoms with van der Waals surface area (Å²) in [5.74, 6) is 0.599. The highest BCUT2D eigenvalue weighted by Crippen LogP contribution is 2.35.